The van der Waals surface area contributed by atoms with Crippen LogP contribution in [0.2, 0.25) is 0 Å². The summed E-state index contributed by atoms with van der Waals surface area (Å²) >= 11 is 0. The van der Waals surface area contributed by atoms with E-state index in [9.17, 15) is 0 Å². The van der Waals surface area contributed by atoms with E-state index in [1.165, 1.54) is 5.56 Å². The quantitative estimate of drug-likeness (QED) is 0.272. The summed E-state index contributed by atoms with van der Waals surface area (Å²) < 4.78 is 16.8. The second-order valence-electron chi connectivity index (χ2n) is 7.71. The number of rotatable bonds is 9. The Hall–Kier alpha value is -2.00. The zero-order valence-electron chi connectivity index (χ0n) is 19.4. The van der Waals surface area contributed by atoms with Gasteiger partial charge in [-0.15, -0.1) is 24.0 Å². The van der Waals surface area contributed by atoms with E-state index in [1.807, 2.05) is 37.3 Å². The Labute approximate surface area is 209 Å². The summed E-state index contributed by atoms with van der Waals surface area (Å²) in [6.45, 7) is 8.41. The average Bonchev–Trinajstić information content (AvgIpc) is 2.82. The van der Waals surface area contributed by atoms with E-state index in [4.69, 9.17) is 19.2 Å². The van der Waals surface area contributed by atoms with E-state index in [1.54, 1.807) is 7.11 Å². The summed E-state index contributed by atoms with van der Waals surface area (Å²) in [4.78, 5) is 4.83. The second-order valence-corrected chi connectivity index (χ2v) is 7.71. The Kier molecular flexibility index (Phi) is 11.1. The molecule has 2 aromatic carbocycles. The molecular weight excluding hydrogens is 517 g/mol. The van der Waals surface area contributed by atoms with Crippen LogP contribution in [0.5, 0.6) is 11.5 Å². The summed E-state index contributed by atoms with van der Waals surface area (Å²) in [6, 6.07) is 16.5. The Morgan fingerprint density at radius 3 is 2.41 bits per heavy atom. The highest BCUT2D eigenvalue weighted by atomic mass is 127. The van der Waals surface area contributed by atoms with Crippen LogP contribution in [0.25, 0.3) is 0 Å². The van der Waals surface area contributed by atoms with Gasteiger partial charge in [-0.05, 0) is 50.5 Å². The molecule has 0 aliphatic carbocycles. The van der Waals surface area contributed by atoms with Crippen LogP contribution in [-0.4, -0.2) is 46.0 Å². The average molecular weight is 553 g/mol. The van der Waals surface area contributed by atoms with Crippen LogP contribution in [-0.2, 0) is 16.7 Å². The van der Waals surface area contributed by atoms with E-state index >= 15 is 0 Å². The molecule has 0 saturated carbocycles. The lowest BCUT2D eigenvalue weighted by Crippen LogP contribution is -2.48. The van der Waals surface area contributed by atoms with Crippen molar-refractivity contribution in [1.82, 2.24) is 10.6 Å². The molecule has 3 rings (SSSR count). The molecule has 7 heteroatoms. The number of methoxy groups -OCH3 is 1. The van der Waals surface area contributed by atoms with Gasteiger partial charge in [-0.25, -0.2) is 4.99 Å². The van der Waals surface area contributed by atoms with Crippen LogP contribution < -0.4 is 20.1 Å². The first-order chi connectivity index (χ1) is 15.2. The maximum atomic E-state index is 5.74. The molecule has 0 bridgehead atoms. The van der Waals surface area contributed by atoms with Gasteiger partial charge in [-0.3, -0.25) is 0 Å². The number of halogens is 1. The fourth-order valence-electron chi connectivity index (χ4n) is 3.96. The van der Waals surface area contributed by atoms with Crippen molar-refractivity contribution in [3.8, 4) is 11.5 Å². The van der Waals surface area contributed by atoms with Crippen molar-refractivity contribution in [2.75, 3.05) is 40.0 Å². The monoisotopic (exact) mass is 553 g/mol. The van der Waals surface area contributed by atoms with Crippen LogP contribution >= 0.6 is 24.0 Å². The standard InChI is InChI=1S/C25H35N3O3.HI/c1-4-26-24(27-18-20-8-6-7-9-23(20)31-5-2)28-19-25(14-16-30-17-15-25)21-10-12-22(29-3)13-11-21;/h6-13H,4-5,14-19H2,1-3H3,(H2,26,27,28);1H. The van der Waals surface area contributed by atoms with Crippen molar-refractivity contribution in [1.29, 1.82) is 0 Å². The molecule has 0 atom stereocenters. The number of aliphatic imine (C=N–C) groups is 1. The van der Waals surface area contributed by atoms with Gasteiger partial charge in [0.2, 0.25) is 0 Å². The van der Waals surface area contributed by atoms with Gasteiger partial charge in [0, 0.05) is 37.3 Å². The Morgan fingerprint density at radius 1 is 1.03 bits per heavy atom. The van der Waals surface area contributed by atoms with E-state index < -0.39 is 0 Å². The topological polar surface area (TPSA) is 64.1 Å². The molecule has 0 aromatic heterocycles. The minimum Gasteiger partial charge on any atom is -0.497 e. The van der Waals surface area contributed by atoms with Gasteiger partial charge < -0.3 is 24.8 Å². The summed E-state index contributed by atoms with van der Waals surface area (Å²) in [7, 11) is 1.70. The van der Waals surface area contributed by atoms with Crippen molar-refractivity contribution >= 4 is 29.9 Å². The van der Waals surface area contributed by atoms with E-state index in [-0.39, 0.29) is 29.4 Å². The molecule has 1 saturated heterocycles. The van der Waals surface area contributed by atoms with E-state index in [0.717, 1.165) is 62.2 Å². The second kappa shape index (κ2) is 13.5. The van der Waals surface area contributed by atoms with Gasteiger partial charge in [-0.1, -0.05) is 30.3 Å². The summed E-state index contributed by atoms with van der Waals surface area (Å²) in [5, 5.41) is 6.97. The van der Waals surface area contributed by atoms with Crippen LogP contribution in [0.15, 0.2) is 53.5 Å². The molecule has 176 valence electrons. The third-order valence-corrected chi connectivity index (χ3v) is 5.77. The number of hydrogen-bond donors (Lipinski definition) is 2. The van der Waals surface area contributed by atoms with Crippen LogP contribution in [0.4, 0.5) is 0 Å². The number of nitrogens with one attached hydrogen (secondary N) is 2. The molecule has 1 aliphatic heterocycles. The predicted molar refractivity (Wildman–Crippen MR) is 141 cm³/mol. The lowest BCUT2D eigenvalue weighted by Gasteiger charge is -2.38. The van der Waals surface area contributed by atoms with Gasteiger partial charge in [0.25, 0.3) is 0 Å². The lowest BCUT2D eigenvalue weighted by molar-refractivity contribution is 0.0513. The van der Waals surface area contributed by atoms with Gasteiger partial charge in [0.05, 0.1) is 20.3 Å². The fourth-order valence-corrected chi connectivity index (χ4v) is 3.96. The Morgan fingerprint density at radius 2 is 1.75 bits per heavy atom. The Balaban J connectivity index is 0.00000363. The highest BCUT2D eigenvalue weighted by Gasteiger charge is 2.34. The molecule has 6 nitrogen and oxygen atoms in total. The first-order valence-electron chi connectivity index (χ1n) is 11.2. The molecule has 0 spiro atoms. The molecule has 32 heavy (non-hydrogen) atoms. The van der Waals surface area contributed by atoms with E-state index in [0.29, 0.717) is 13.2 Å². The molecule has 1 heterocycles. The molecule has 0 radical (unpaired) electrons. The largest absolute Gasteiger partial charge is 0.497 e. The Bertz CT molecular complexity index is 837. The van der Waals surface area contributed by atoms with Crippen molar-refractivity contribution in [3.63, 3.8) is 0 Å². The minimum absolute atomic E-state index is 0. The van der Waals surface area contributed by atoms with Gasteiger partial charge in [-0.2, -0.15) is 0 Å². The van der Waals surface area contributed by atoms with Crippen molar-refractivity contribution < 1.29 is 14.2 Å². The lowest BCUT2D eigenvalue weighted by atomic mass is 9.74. The number of nitrogens with zero attached hydrogens (tertiary/aromatic N) is 1. The highest BCUT2D eigenvalue weighted by molar-refractivity contribution is 14.0. The number of ether oxygens (including phenoxy) is 3. The number of benzene rings is 2. The smallest absolute Gasteiger partial charge is 0.191 e. The molecule has 2 N–H and O–H groups in total. The molecule has 0 amide bonds. The van der Waals surface area contributed by atoms with Crippen LogP contribution in [0.1, 0.15) is 37.8 Å². The number of hydrogen-bond acceptors (Lipinski definition) is 4. The first-order valence-corrected chi connectivity index (χ1v) is 11.2. The normalized spacial score (nSPS) is 15.4. The predicted octanol–water partition coefficient (Wildman–Crippen LogP) is 4.52. The number of guanidine groups is 1. The minimum atomic E-state index is 0. The molecule has 0 unspecified atom stereocenters. The van der Waals surface area contributed by atoms with Crippen LogP contribution in [0.3, 0.4) is 0 Å². The van der Waals surface area contributed by atoms with Gasteiger partial charge in [0.15, 0.2) is 5.96 Å². The first kappa shape index (κ1) is 26.3. The van der Waals surface area contributed by atoms with Crippen molar-refractivity contribution in [3.05, 3.63) is 59.7 Å². The van der Waals surface area contributed by atoms with Crippen molar-refractivity contribution in [2.45, 2.75) is 38.6 Å². The molecule has 1 fully saturated rings. The summed E-state index contributed by atoms with van der Waals surface area (Å²) in [6.07, 6.45) is 1.94. The highest BCUT2D eigenvalue weighted by Crippen LogP contribution is 2.35. The molecular formula is C25H36IN3O3. The SMILES string of the molecule is CCNC(=NCc1ccccc1OCC)NCC1(c2ccc(OC)cc2)CCOCC1.I. The molecule has 1 aliphatic rings. The fraction of sp³-hybridized carbons (Fsp3) is 0.480. The maximum absolute atomic E-state index is 5.74. The van der Waals surface area contributed by atoms with Gasteiger partial charge in [0.1, 0.15) is 11.5 Å². The third kappa shape index (κ3) is 7.00. The maximum Gasteiger partial charge on any atom is 0.191 e. The van der Waals surface area contributed by atoms with Crippen LogP contribution in [0, 0.1) is 0 Å². The molecule has 2 aromatic rings. The summed E-state index contributed by atoms with van der Waals surface area (Å²) in [5.74, 6) is 2.58. The summed E-state index contributed by atoms with van der Waals surface area (Å²) in [5.41, 5.74) is 2.39. The van der Waals surface area contributed by atoms with Crippen molar-refractivity contribution in [2.24, 2.45) is 4.99 Å². The zero-order valence-corrected chi connectivity index (χ0v) is 21.7. The van der Waals surface area contributed by atoms with E-state index in [2.05, 4.69) is 35.8 Å². The number of para-hydroxylation sites is 1. The van der Waals surface area contributed by atoms with Gasteiger partial charge >= 0.3 is 0 Å². The zero-order chi connectivity index (χ0) is 21.9. The third-order valence-electron chi connectivity index (χ3n) is 5.77.